The summed E-state index contributed by atoms with van der Waals surface area (Å²) in [6.45, 7) is 5.45. The number of amides is 1. The topological polar surface area (TPSA) is 59.2 Å². The first kappa shape index (κ1) is 13.0. The largest absolute Gasteiger partial charge is 0.336 e. The van der Waals surface area contributed by atoms with E-state index in [9.17, 15) is 4.79 Å². The molecule has 0 aliphatic carbocycles. The van der Waals surface area contributed by atoms with Crippen LogP contribution in [-0.2, 0) is 0 Å². The van der Waals surface area contributed by atoms with E-state index in [1.807, 2.05) is 24.0 Å². The number of aromatic nitrogens is 1. The zero-order chi connectivity index (χ0) is 13.1. The van der Waals surface area contributed by atoms with Gasteiger partial charge in [0.15, 0.2) is 0 Å². The summed E-state index contributed by atoms with van der Waals surface area (Å²) in [5.74, 6) is 0.511. The molecule has 2 unspecified atom stereocenters. The molecule has 98 valence electrons. The fourth-order valence-corrected chi connectivity index (χ4v) is 2.42. The minimum atomic E-state index is 0.0770. The average Bonchev–Trinajstić information content (AvgIpc) is 2.39. The van der Waals surface area contributed by atoms with Crippen LogP contribution >= 0.6 is 0 Å². The first-order valence-electron chi connectivity index (χ1n) is 6.55. The van der Waals surface area contributed by atoms with Gasteiger partial charge in [-0.05, 0) is 51.3 Å². The maximum absolute atomic E-state index is 12.4. The third-order valence-corrected chi connectivity index (χ3v) is 3.73. The predicted octanol–water partition coefficient (Wildman–Crippen LogP) is 1.59. The van der Waals surface area contributed by atoms with Crippen molar-refractivity contribution in [3.8, 4) is 0 Å². The summed E-state index contributed by atoms with van der Waals surface area (Å²) >= 11 is 0. The van der Waals surface area contributed by atoms with E-state index in [4.69, 9.17) is 5.73 Å². The zero-order valence-electron chi connectivity index (χ0n) is 11.1. The van der Waals surface area contributed by atoms with Gasteiger partial charge in [0.1, 0.15) is 0 Å². The summed E-state index contributed by atoms with van der Waals surface area (Å²) in [5, 5.41) is 0. The van der Waals surface area contributed by atoms with Gasteiger partial charge in [0.25, 0.3) is 5.91 Å². The van der Waals surface area contributed by atoms with Crippen LogP contribution in [0.15, 0.2) is 18.3 Å². The second-order valence-electron chi connectivity index (χ2n) is 5.17. The third kappa shape index (κ3) is 2.70. The number of likely N-dealkylation sites (tertiary alicyclic amines) is 1. The van der Waals surface area contributed by atoms with Gasteiger partial charge in [0, 0.05) is 24.5 Å². The lowest BCUT2D eigenvalue weighted by Crippen LogP contribution is -2.47. The molecule has 2 rings (SSSR count). The highest BCUT2D eigenvalue weighted by Gasteiger charge is 2.28. The smallest absolute Gasteiger partial charge is 0.255 e. The molecule has 4 heteroatoms. The van der Waals surface area contributed by atoms with Gasteiger partial charge in [-0.2, -0.15) is 0 Å². The zero-order valence-corrected chi connectivity index (χ0v) is 11.1. The molecule has 2 heterocycles. The van der Waals surface area contributed by atoms with E-state index in [0.717, 1.165) is 25.1 Å². The van der Waals surface area contributed by atoms with Gasteiger partial charge in [0.05, 0.1) is 5.56 Å². The lowest BCUT2D eigenvalue weighted by atomic mass is 9.93. The Hall–Kier alpha value is -1.42. The van der Waals surface area contributed by atoms with Gasteiger partial charge >= 0.3 is 0 Å². The van der Waals surface area contributed by atoms with Gasteiger partial charge in [-0.15, -0.1) is 0 Å². The number of pyridine rings is 1. The molecule has 18 heavy (non-hydrogen) atoms. The molecule has 0 bridgehead atoms. The van der Waals surface area contributed by atoms with Crippen molar-refractivity contribution in [1.82, 2.24) is 9.88 Å². The van der Waals surface area contributed by atoms with E-state index in [-0.39, 0.29) is 5.91 Å². The molecule has 4 nitrogen and oxygen atoms in total. The summed E-state index contributed by atoms with van der Waals surface area (Å²) in [6.07, 6.45) is 3.82. The van der Waals surface area contributed by atoms with Crippen molar-refractivity contribution in [3.05, 3.63) is 29.6 Å². The summed E-state index contributed by atoms with van der Waals surface area (Å²) in [4.78, 5) is 18.6. The minimum Gasteiger partial charge on any atom is -0.336 e. The normalized spacial score (nSPS) is 24.1. The van der Waals surface area contributed by atoms with Crippen molar-refractivity contribution >= 4 is 5.91 Å². The van der Waals surface area contributed by atoms with Crippen molar-refractivity contribution in [2.24, 2.45) is 11.7 Å². The molecule has 0 saturated carbocycles. The van der Waals surface area contributed by atoms with Crippen molar-refractivity contribution in [2.75, 3.05) is 13.1 Å². The second kappa shape index (κ2) is 5.48. The Bertz CT molecular complexity index is 416. The van der Waals surface area contributed by atoms with Crippen LogP contribution in [0.1, 0.15) is 35.8 Å². The van der Waals surface area contributed by atoms with Crippen LogP contribution < -0.4 is 5.73 Å². The van der Waals surface area contributed by atoms with Crippen LogP contribution in [0.2, 0.25) is 0 Å². The number of aryl methyl sites for hydroxylation is 1. The Morgan fingerprint density at radius 3 is 2.89 bits per heavy atom. The summed E-state index contributed by atoms with van der Waals surface area (Å²) in [6, 6.07) is 4.02. The van der Waals surface area contributed by atoms with Crippen LogP contribution in [-0.4, -0.2) is 34.9 Å². The molecule has 1 aromatic heterocycles. The second-order valence-corrected chi connectivity index (χ2v) is 5.17. The van der Waals surface area contributed by atoms with E-state index >= 15 is 0 Å². The Morgan fingerprint density at radius 1 is 1.50 bits per heavy atom. The monoisotopic (exact) mass is 247 g/mol. The minimum absolute atomic E-state index is 0.0770. The Labute approximate surface area is 108 Å². The quantitative estimate of drug-likeness (QED) is 0.863. The van der Waals surface area contributed by atoms with Crippen LogP contribution in [0, 0.1) is 12.8 Å². The van der Waals surface area contributed by atoms with Gasteiger partial charge in [0.2, 0.25) is 0 Å². The van der Waals surface area contributed by atoms with Crippen LogP contribution in [0.25, 0.3) is 0 Å². The molecular formula is C14H21N3O. The number of rotatable bonds is 2. The van der Waals surface area contributed by atoms with Crippen molar-refractivity contribution in [2.45, 2.75) is 32.7 Å². The lowest BCUT2D eigenvalue weighted by molar-refractivity contribution is 0.0566. The summed E-state index contributed by atoms with van der Waals surface area (Å²) in [7, 11) is 0. The van der Waals surface area contributed by atoms with Crippen molar-refractivity contribution in [1.29, 1.82) is 0 Å². The molecule has 2 N–H and O–H groups in total. The fraction of sp³-hybridized carbons (Fsp3) is 0.571. The molecule has 0 spiro atoms. The molecule has 2 atom stereocenters. The van der Waals surface area contributed by atoms with Gasteiger partial charge < -0.3 is 10.6 Å². The average molecular weight is 247 g/mol. The highest BCUT2D eigenvalue weighted by molar-refractivity contribution is 5.94. The van der Waals surface area contributed by atoms with Crippen LogP contribution in [0.3, 0.4) is 0 Å². The standard InChI is InChI=1S/C14H21N3O/c1-10-3-6-13(8-16-10)14(18)17-9-12(7-15)5-4-11(17)2/h3,6,8,11-12H,4-5,7,9,15H2,1-2H3. The number of hydrogen-bond acceptors (Lipinski definition) is 3. The van der Waals surface area contributed by atoms with Gasteiger partial charge in [-0.3, -0.25) is 9.78 Å². The Kier molecular flexibility index (Phi) is 3.97. The van der Waals surface area contributed by atoms with E-state index in [2.05, 4.69) is 11.9 Å². The van der Waals surface area contributed by atoms with Crippen molar-refractivity contribution < 1.29 is 4.79 Å². The van der Waals surface area contributed by atoms with E-state index in [1.165, 1.54) is 0 Å². The van der Waals surface area contributed by atoms with Crippen molar-refractivity contribution in [3.63, 3.8) is 0 Å². The molecule has 1 aliphatic heterocycles. The molecule has 0 aromatic carbocycles. The Balaban J connectivity index is 2.13. The number of hydrogen-bond donors (Lipinski definition) is 1. The van der Waals surface area contributed by atoms with E-state index < -0.39 is 0 Å². The molecule has 0 radical (unpaired) electrons. The molecule has 1 fully saturated rings. The number of nitrogens with zero attached hydrogens (tertiary/aromatic N) is 2. The lowest BCUT2D eigenvalue weighted by Gasteiger charge is -2.37. The number of nitrogens with two attached hydrogens (primary N) is 1. The maximum Gasteiger partial charge on any atom is 0.255 e. The predicted molar refractivity (Wildman–Crippen MR) is 71.3 cm³/mol. The molecular weight excluding hydrogens is 226 g/mol. The number of piperidine rings is 1. The molecule has 1 saturated heterocycles. The first-order chi connectivity index (χ1) is 8.61. The third-order valence-electron chi connectivity index (χ3n) is 3.73. The SMILES string of the molecule is Cc1ccc(C(=O)N2CC(CN)CCC2C)cn1. The molecule has 1 aliphatic rings. The first-order valence-corrected chi connectivity index (χ1v) is 6.55. The summed E-state index contributed by atoms with van der Waals surface area (Å²) < 4.78 is 0. The number of carbonyl (C=O) groups is 1. The van der Waals surface area contributed by atoms with Crippen LogP contribution in [0.4, 0.5) is 0 Å². The van der Waals surface area contributed by atoms with Gasteiger partial charge in [-0.25, -0.2) is 0 Å². The fourth-order valence-electron chi connectivity index (χ4n) is 2.42. The highest BCUT2D eigenvalue weighted by atomic mass is 16.2. The van der Waals surface area contributed by atoms with E-state index in [0.29, 0.717) is 24.1 Å². The Morgan fingerprint density at radius 2 is 2.28 bits per heavy atom. The number of carbonyl (C=O) groups excluding carboxylic acids is 1. The highest BCUT2D eigenvalue weighted by Crippen LogP contribution is 2.22. The van der Waals surface area contributed by atoms with Gasteiger partial charge in [-0.1, -0.05) is 0 Å². The molecule has 1 amide bonds. The summed E-state index contributed by atoms with van der Waals surface area (Å²) in [5.41, 5.74) is 7.32. The van der Waals surface area contributed by atoms with Crippen LogP contribution in [0.5, 0.6) is 0 Å². The maximum atomic E-state index is 12.4. The van der Waals surface area contributed by atoms with E-state index in [1.54, 1.807) is 6.20 Å². The molecule has 1 aromatic rings.